The number of aromatic nitrogens is 2. The van der Waals surface area contributed by atoms with E-state index in [4.69, 9.17) is 10.5 Å². The molecule has 1 aromatic rings. The average Bonchev–Trinajstić information content (AvgIpc) is 2.88. The van der Waals surface area contributed by atoms with Gasteiger partial charge in [-0.2, -0.15) is 5.10 Å². The van der Waals surface area contributed by atoms with E-state index in [-0.39, 0.29) is 12.1 Å². The van der Waals surface area contributed by atoms with Crippen molar-refractivity contribution < 1.29 is 4.74 Å². The highest BCUT2D eigenvalue weighted by Crippen LogP contribution is 2.16. The summed E-state index contributed by atoms with van der Waals surface area (Å²) in [6, 6.07) is 2.62. The van der Waals surface area contributed by atoms with E-state index in [1.54, 1.807) is 0 Å². The van der Waals surface area contributed by atoms with Crippen LogP contribution in [0.1, 0.15) is 65.1 Å². The lowest BCUT2D eigenvalue weighted by Crippen LogP contribution is -2.38. The van der Waals surface area contributed by atoms with E-state index in [1.165, 1.54) is 0 Å². The number of rotatable bonds is 10. The third kappa shape index (κ3) is 4.91. The number of hydrogen-bond donors (Lipinski definition) is 1. The van der Waals surface area contributed by atoms with Crippen LogP contribution in [0.25, 0.3) is 0 Å². The van der Waals surface area contributed by atoms with Gasteiger partial charge in [-0.15, -0.1) is 0 Å². The van der Waals surface area contributed by atoms with Gasteiger partial charge in [-0.25, -0.2) is 0 Å². The number of nitrogens with two attached hydrogens (primary N) is 1. The molecule has 0 aromatic carbocycles. The molecular formula is C16H31N3O. The highest BCUT2D eigenvalue weighted by Gasteiger charge is 2.19. The van der Waals surface area contributed by atoms with Crippen LogP contribution in [0, 0.1) is 0 Å². The Kier molecular flexibility index (Phi) is 7.85. The largest absolute Gasteiger partial charge is 0.377 e. The smallest absolute Gasteiger partial charge is 0.0729 e. The minimum Gasteiger partial charge on any atom is -0.377 e. The van der Waals surface area contributed by atoms with Crippen LogP contribution < -0.4 is 5.73 Å². The van der Waals surface area contributed by atoms with Gasteiger partial charge >= 0.3 is 0 Å². The van der Waals surface area contributed by atoms with Crippen molar-refractivity contribution in [3.63, 3.8) is 0 Å². The molecule has 0 spiro atoms. The molecule has 1 heterocycles. The first-order valence-electron chi connectivity index (χ1n) is 8.07. The predicted octanol–water partition coefficient (Wildman–Crippen LogP) is 3.32. The van der Waals surface area contributed by atoms with Gasteiger partial charge < -0.3 is 10.5 Å². The fourth-order valence-electron chi connectivity index (χ4n) is 2.64. The Morgan fingerprint density at radius 2 is 1.95 bits per heavy atom. The number of hydrogen-bond acceptors (Lipinski definition) is 3. The van der Waals surface area contributed by atoms with E-state index >= 15 is 0 Å². The van der Waals surface area contributed by atoms with Crippen LogP contribution in [0.15, 0.2) is 12.3 Å². The molecule has 4 heteroatoms. The highest BCUT2D eigenvalue weighted by molar-refractivity contribution is 5.03. The molecule has 4 nitrogen and oxygen atoms in total. The molecule has 1 aromatic heterocycles. The van der Waals surface area contributed by atoms with Crippen molar-refractivity contribution in [2.45, 2.75) is 78.0 Å². The Hall–Kier alpha value is -0.870. The summed E-state index contributed by atoms with van der Waals surface area (Å²) in [7, 11) is 0. The van der Waals surface area contributed by atoms with E-state index in [0.717, 1.165) is 44.4 Å². The van der Waals surface area contributed by atoms with Crippen LogP contribution in [-0.2, 0) is 11.2 Å². The van der Waals surface area contributed by atoms with Crippen molar-refractivity contribution in [2.75, 3.05) is 6.61 Å². The van der Waals surface area contributed by atoms with E-state index < -0.39 is 0 Å². The van der Waals surface area contributed by atoms with E-state index in [1.807, 2.05) is 6.92 Å². The van der Waals surface area contributed by atoms with Crippen LogP contribution in [0.4, 0.5) is 0 Å². The van der Waals surface area contributed by atoms with Gasteiger partial charge in [0.15, 0.2) is 0 Å². The Balaban J connectivity index is 2.62. The minimum atomic E-state index is 0.0277. The molecule has 0 aliphatic heterocycles. The van der Waals surface area contributed by atoms with Crippen LogP contribution in [-0.4, -0.2) is 28.5 Å². The topological polar surface area (TPSA) is 53.1 Å². The van der Waals surface area contributed by atoms with Crippen molar-refractivity contribution in [1.82, 2.24) is 9.78 Å². The predicted molar refractivity (Wildman–Crippen MR) is 83.8 cm³/mol. The first-order chi connectivity index (χ1) is 9.65. The van der Waals surface area contributed by atoms with Crippen LogP contribution >= 0.6 is 0 Å². The minimum absolute atomic E-state index is 0.0277. The summed E-state index contributed by atoms with van der Waals surface area (Å²) < 4.78 is 7.83. The zero-order chi connectivity index (χ0) is 15.0. The molecule has 2 atom stereocenters. The summed E-state index contributed by atoms with van der Waals surface area (Å²) in [6.07, 6.45) is 7.35. The van der Waals surface area contributed by atoms with Crippen molar-refractivity contribution >= 4 is 0 Å². The molecule has 0 bridgehead atoms. The van der Waals surface area contributed by atoms with Gasteiger partial charge in [-0.05, 0) is 32.3 Å². The number of ether oxygens (including phenoxy) is 1. The second kappa shape index (κ2) is 9.14. The monoisotopic (exact) mass is 281 g/mol. The Morgan fingerprint density at radius 1 is 1.25 bits per heavy atom. The van der Waals surface area contributed by atoms with Gasteiger partial charge in [0.05, 0.1) is 17.8 Å². The van der Waals surface area contributed by atoms with Crippen molar-refractivity contribution in [2.24, 2.45) is 5.73 Å². The first kappa shape index (κ1) is 17.2. The summed E-state index contributed by atoms with van der Waals surface area (Å²) in [4.78, 5) is 0. The Morgan fingerprint density at radius 3 is 2.50 bits per heavy atom. The lowest BCUT2D eigenvalue weighted by Gasteiger charge is -2.22. The van der Waals surface area contributed by atoms with Crippen LogP contribution in [0.5, 0.6) is 0 Å². The van der Waals surface area contributed by atoms with E-state index in [9.17, 15) is 0 Å². The molecular weight excluding hydrogens is 250 g/mol. The zero-order valence-electron chi connectivity index (χ0n) is 13.5. The maximum atomic E-state index is 6.30. The SMILES string of the molecule is CCCC(OCC)C(N)Cc1ccn(C(CC)CC)n1. The zero-order valence-corrected chi connectivity index (χ0v) is 13.5. The molecule has 0 saturated carbocycles. The van der Waals surface area contributed by atoms with Crippen molar-refractivity contribution in [1.29, 1.82) is 0 Å². The Bertz CT molecular complexity index is 354. The summed E-state index contributed by atoms with van der Waals surface area (Å²) >= 11 is 0. The fourth-order valence-corrected chi connectivity index (χ4v) is 2.64. The van der Waals surface area contributed by atoms with Crippen molar-refractivity contribution in [3.05, 3.63) is 18.0 Å². The first-order valence-corrected chi connectivity index (χ1v) is 8.07. The third-order valence-electron chi connectivity index (χ3n) is 3.86. The van der Waals surface area contributed by atoms with E-state index in [0.29, 0.717) is 6.04 Å². The maximum absolute atomic E-state index is 6.30. The standard InChI is InChI=1S/C16H31N3O/c1-5-9-16(20-8-4)15(17)12-13-10-11-19(18-13)14(6-2)7-3/h10-11,14-16H,5-9,12,17H2,1-4H3. The van der Waals surface area contributed by atoms with Crippen molar-refractivity contribution in [3.8, 4) is 0 Å². The molecule has 20 heavy (non-hydrogen) atoms. The molecule has 2 N–H and O–H groups in total. The molecule has 1 rings (SSSR count). The molecule has 0 fully saturated rings. The Labute approximate surface area is 123 Å². The maximum Gasteiger partial charge on any atom is 0.0729 e. The molecule has 0 amide bonds. The van der Waals surface area contributed by atoms with E-state index in [2.05, 4.69) is 42.8 Å². The lowest BCUT2D eigenvalue weighted by molar-refractivity contribution is 0.0376. The quantitative estimate of drug-likeness (QED) is 0.716. The summed E-state index contributed by atoms with van der Waals surface area (Å²) in [6.45, 7) is 9.32. The molecule has 2 unspecified atom stereocenters. The van der Waals surface area contributed by atoms with Gasteiger partial charge in [0.25, 0.3) is 0 Å². The molecule has 0 aliphatic rings. The molecule has 0 aliphatic carbocycles. The highest BCUT2D eigenvalue weighted by atomic mass is 16.5. The number of nitrogens with zero attached hydrogens (tertiary/aromatic N) is 2. The second-order valence-electron chi connectivity index (χ2n) is 5.41. The lowest BCUT2D eigenvalue weighted by atomic mass is 10.0. The van der Waals surface area contributed by atoms with Gasteiger partial charge in [-0.3, -0.25) is 4.68 Å². The van der Waals surface area contributed by atoms with Crippen LogP contribution in [0.2, 0.25) is 0 Å². The van der Waals surface area contributed by atoms with Gasteiger partial charge in [0.2, 0.25) is 0 Å². The summed E-state index contributed by atoms with van der Waals surface area (Å²) in [5.74, 6) is 0. The molecule has 0 saturated heterocycles. The summed E-state index contributed by atoms with van der Waals surface area (Å²) in [5.41, 5.74) is 7.37. The van der Waals surface area contributed by atoms with Gasteiger partial charge in [0.1, 0.15) is 0 Å². The normalized spacial score (nSPS) is 14.7. The fraction of sp³-hybridized carbons (Fsp3) is 0.812. The average molecular weight is 281 g/mol. The summed E-state index contributed by atoms with van der Waals surface area (Å²) in [5, 5.41) is 4.68. The third-order valence-corrected chi connectivity index (χ3v) is 3.86. The molecule has 116 valence electrons. The molecule has 0 radical (unpaired) electrons. The van der Waals surface area contributed by atoms with Crippen LogP contribution in [0.3, 0.4) is 0 Å². The van der Waals surface area contributed by atoms with Gasteiger partial charge in [-0.1, -0.05) is 27.2 Å². The second-order valence-corrected chi connectivity index (χ2v) is 5.41. The van der Waals surface area contributed by atoms with Gasteiger partial charge in [0, 0.05) is 25.3 Å².